The maximum absolute atomic E-state index is 12.6. The van der Waals surface area contributed by atoms with Gasteiger partial charge in [0.15, 0.2) is 0 Å². The number of allylic oxidation sites excluding steroid dienone is 17. The molecule has 0 aromatic rings. The van der Waals surface area contributed by atoms with Gasteiger partial charge in [0.05, 0.1) is 40.8 Å². The van der Waals surface area contributed by atoms with Gasteiger partial charge < -0.3 is 27.9 Å². The van der Waals surface area contributed by atoms with Crippen LogP contribution in [-0.4, -0.2) is 70.7 Å². The van der Waals surface area contributed by atoms with Crippen molar-refractivity contribution in [2.75, 3.05) is 54.1 Å². The first-order valence-electron chi connectivity index (χ1n) is 19.6. The van der Waals surface area contributed by atoms with Crippen LogP contribution >= 0.6 is 7.82 Å². The lowest BCUT2D eigenvalue weighted by Gasteiger charge is -2.28. The summed E-state index contributed by atoms with van der Waals surface area (Å²) in [7, 11) is 1.25. The molecule has 53 heavy (non-hydrogen) atoms. The number of nitrogens with zero attached hydrogens (tertiary/aromatic N) is 1. The van der Waals surface area contributed by atoms with E-state index >= 15 is 0 Å². The van der Waals surface area contributed by atoms with Crippen molar-refractivity contribution >= 4 is 13.8 Å². The van der Waals surface area contributed by atoms with Gasteiger partial charge in [0.1, 0.15) is 19.3 Å². The van der Waals surface area contributed by atoms with Crippen molar-refractivity contribution in [3.63, 3.8) is 0 Å². The van der Waals surface area contributed by atoms with Crippen LogP contribution in [0.3, 0.4) is 0 Å². The van der Waals surface area contributed by atoms with Gasteiger partial charge in [0.25, 0.3) is 7.82 Å². The highest BCUT2D eigenvalue weighted by molar-refractivity contribution is 7.45. The van der Waals surface area contributed by atoms with Gasteiger partial charge >= 0.3 is 5.97 Å². The van der Waals surface area contributed by atoms with E-state index in [9.17, 15) is 14.3 Å². The van der Waals surface area contributed by atoms with Crippen molar-refractivity contribution in [3.05, 3.63) is 109 Å². The van der Waals surface area contributed by atoms with E-state index in [1.807, 2.05) is 27.2 Å². The van der Waals surface area contributed by atoms with Crippen LogP contribution in [0.2, 0.25) is 0 Å². The quantitative estimate of drug-likeness (QED) is 0.0212. The summed E-state index contributed by atoms with van der Waals surface area (Å²) in [5.74, 6) is -0.479. The third-order valence-corrected chi connectivity index (χ3v) is 8.32. The van der Waals surface area contributed by atoms with Gasteiger partial charge in [0.2, 0.25) is 0 Å². The number of carbonyl (C=O) groups excluding carboxylic acids is 1. The number of rotatable bonds is 34. The van der Waals surface area contributed by atoms with Crippen LogP contribution in [0.15, 0.2) is 109 Å². The van der Waals surface area contributed by atoms with Crippen molar-refractivity contribution in [1.82, 2.24) is 0 Å². The van der Waals surface area contributed by atoms with E-state index in [1.54, 1.807) is 6.08 Å². The van der Waals surface area contributed by atoms with Crippen molar-refractivity contribution in [1.29, 1.82) is 0 Å². The SMILES string of the molecule is CC/C=C\C/C=C\C/C=C\C/C=C\C/C=C\CC(=O)OC(COCCCCC/C=C\C/C=C\C/C=C\C/C=C\CC)COP(=O)([O-])OCC[N+](C)(C)C. The second-order valence-corrected chi connectivity index (χ2v) is 15.0. The number of ether oxygens (including phenoxy) is 2. The highest BCUT2D eigenvalue weighted by Crippen LogP contribution is 2.38. The summed E-state index contributed by atoms with van der Waals surface area (Å²) in [4.78, 5) is 24.9. The zero-order chi connectivity index (χ0) is 39.1. The molecule has 0 aromatic carbocycles. The molecule has 2 atom stereocenters. The minimum atomic E-state index is -4.56. The summed E-state index contributed by atoms with van der Waals surface area (Å²) in [5.41, 5.74) is 0. The van der Waals surface area contributed by atoms with Crippen LogP contribution < -0.4 is 4.89 Å². The molecule has 0 aliphatic heterocycles. The molecule has 9 heteroatoms. The molecule has 0 radical (unpaired) electrons. The normalized spacial score (nSPS) is 15.1. The van der Waals surface area contributed by atoms with Gasteiger partial charge in [-0.15, -0.1) is 0 Å². The monoisotopic (exact) mass is 758 g/mol. The lowest BCUT2D eigenvalue weighted by molar-refractivity contribution is -0.870. The van der Waals surface area contributed by atoms with Gasteiger partial charge in [0, 0.05) is 6.61 Å². The van der Waals surface area contributed by atoms with E-state index in [0.29, 0.717) is 24.1 Å². The fourth-order valence-electron chi connectivity index (χ4n) is 4.37. The van der Waals surface area contributed by atoms with Crippen molar-refractivity contribution in [3.8, 4) is 0 Å². The minimum absolute atomic E-state index is 0.00375. The van der Waals surface area contributed by atoms with E-state index in [0.717, 1.165) is 77.0 Å². The van der Waals surface area contributed by atoms with Gasteiger partial charge in [-0.05, 0) is 77.0 Å². The van der Waals surface area contributed by atoms with Crippen molar-refractivity contribution in [2.24, 2.45) is 0 Å². The molecule has 0 bridgehead atoms. The molecule has 0 saturated heterocycles. The van der Waals surface area contributed by atoms with Crippen LogP contribution in [0.25, 0.3) is 0 Å². The smallest absolute Gasteiger partial charge is 0.310 e. The summed E-state index contributed by atoms with van der Waals surface area (Å²) >= 11 is 0. The number of likely N-dealkylation sites (N-methyl/N-ethyl adjacent to an activating group) is 1. The Labute approximate surface area is 323 Å². The standard InChI is InChI=1S/C44H72NO7P/c1-6-8-10-12-14-16-18-20-22-24-26-28-30-32-34-36-39-49-41-43(42-51-53(47,48)50-40-38-45(3,4)5)52-44(46)37-35-33-31-29-27-25-23-21-19-17-15-13-11-9-7-2/h8-11,14-17,20-23,26-29,33,35,43H,6-7,12-13,18-19,24-25,30-32,34,36-42H2,1-5H3/b10-8-,11-9-,16-14-,17-15-,22-20-,23-21-,28-26-,29-27-,35-33-. The summed E-state index contributed by atoms with van der Waals surface area (Å²) in [6.07, 6.45) is 49.9. The Morgan fingerprint density at radius 1 is 0.585 bits per heavy atom. The first kappa shape index (κ1) is 50.2. The second kappa shape index (κ2) is 36.2. The van der Waals surface area contributed by atoms with Gasteiger partial charge in [-0.25, -0.2) is 0 Å². The third-order valence-electron chi connectivity index (χ3n) is 7.35. The Kier molecular flexibility index (Phi) is 34.2. The maximum atomic E-state index is 12.6. The third kappa shape index (κ3) is 40.2. The highest BCUT2D eigenvalue weighted by Gasteiger charge is 2.20. The number of phosphoric acid groups is 1. The molecule has 0 aliphatic rings. The first-order chi connectivity index (χ1) is 25.6. The molecule has 0 rings (SSSR count). The number of phosphoric ester groups is 1. The van der Waals surface area contributed by atoms with Crippen LogP contribution in [0.5, 0.6) is 0 Å². The number of unbranched alkanes of at least 4 members (excludes halogenated alkanes) is 3. The lowest BCUT2D eigenvalue weighted by Crippen LogP contribution is -2.37. The Morgan fingerprint density at radius 2 is 1.04 bits per heavy atom. The van der Waals surface area contributed by atoms with E-state index in [2.05, 4.69) is 111 Å². The zero-order valence-electron chi connectivity index (χ0n) is 33.7. The average Bonchev–Trinajstić information content (AvgIpc) is 3.11. The van der Waals surface area contributed by atoms with Crippen LogP contribution in [0, 0.1) is 0 Å². The van der Waals surface area contributed by atoms with Gasteiger partial charge in [-0.1, -0.05) is 130 Å². The molecular formula is C44H72NO7P. The summed E-state index contributed by atoms with van der Waals surface area (Å²) in [6.45, 7) is 4.91. The molecular weight excluding hydrogens is 685 g/mol. The van der Waals surface area contributed by atoms with Crippen molar-refractivity contribution < 1.29 is 37.3 Å². The molecule has 300 valence electrons. The predicted molar refractivity (Wildman–Crippen MR) is 221 cm³/mol. The number of esters is 1. The molecule has 0 amide bonds. The number of hydrogen-bond donors (Lipinski definition) is 0. The van der Waals surface area contributed by atoms with Crippen LogP contribution in [-0.2, 0) is 27.9 Å². The minimum Gasteiger partial charge on any atom is -0.756 e. The molecule has 0 aromatic heterocycles. The number of quaternary nitrogens is 1. The zero-order valence-corrected chi connectivity index (χ0v) is 34.6. The Morgan fingerprint density at radius 3 is 1.51 bits per heavy atom. The molecule has 0 aliphatic carbocycles. The van der Waals surface area contributed by atoms with Crippen LogP contribution in [0.4, 0.5) is 0 Å². The second-order valence-electron chi connectivity index (χ2n) is 13.5. The van der Waals surface area contributed by atoms with Crippen LogP contribution in [0.1, 0.15) is 104 Å². The van der Waals surface area contributed by atoms with Crippen molar-refractivity contribution in [2.45, 2.75) is 110 Å². The maximum Gasteiger partial charge on any atom is 0.310 e. The first-order valence-corrected chi connectivity index (χ1v) is 21.1. The summed E-state index contributed by atoms with van der Waals surface area (Å²) < 4.78 is 34.3. The average molecular weight is 758 g/mol. The van der Waals surface area contributed by atoms with E-state index in [4.69, 9.17) is 18.5 Å². The Bertz CT molecular complexity index is 1200. The van der Waals surface area contributed by atoms with E-state index in [1.165, 1.54) is 0 Å². The van der Waals surface area contributed by atoms with E-state index < -0.39 is 19.9 Å². The number of hydrogen-bond acceptors (Lipinski definition) is 7. The molecule has 0 N–H and O–H groups in total. The number of carbonyl (C=O) groups is 1. The fourth-order valence-corrected chi connectivity index (χ4v) is 5.10. The largest absolute Gasteiger partial charge is 0.756 e. The Hall–Kier alpha value is -2.84. The molecule has 0 spiro atoms. The molecule has 0 heterocycles. The summed E-state index contributed by atoms with van der Waals surface area (Å²) in [5, 5.41) is 0. The Balaban J connectivity index is 4.53. The summed E-state index contributed by atoms with van der Waals surface area (Å²) in [6, 6.07) is 0. The lowest BCUT2D eigenvalue weighted by atomic mass is 10.2. The molecule has 8 nitrogen and oxygen atoms in total. The molecule has 0 fully saturated rings. The fraction of sp³-hybridized carbons (Fsp3) is 0.568. The predicted octanol–water partition coefficient (Wildman–Crippen LogP) is 10.6. The molecule has 2 unspecified atom stereocenters. The highest BCUT2D eigenvalue weighted by atomic mass is 31.2. The van der Waals surface area contributed by atoms with Gasteiger partial charge in [-0.2, -0.15) is 0 Å². The molecule has 0 saturated carbocycles. The van der Waals surface area contributed by atoms with E-state index in [-0.39, 0.29) is 26.2 Å². The van der Waals surface area contributed by atoms with Gasteiger partial charge in [-0.3, -0.25) is 9.36 Å². The topological polar surface area (TPSA) is 94.1 Å².